The lowest BCUT2D eigenvalue weighted by Gasteiger charge is -2.13. The number of nitrogens with two attached hydrogens (primary N) is 1. The molecule has 0 spiro atoms. The number of rotatable bonds is 8. The fourth-order valence-corrected chi connectivity index (χ4v) is 3.34. The standard InChI is InChI=1S/C20H22N4O5S/c1-14(13-24-19(25)9-8-17(23-24)18-3-2-12-29-18)20(26)22-11-10-15-4-6-16(7-5-15)30(21,27)28/h2-9,12,14H,10-11,13H2,1H3,(H,22,26)(H2,21,27,28)/t14-/m0/s1. The summed E-state index contributed by atoms with van der Waals surface area (Å²) in [4.78, 5) is 24.5. The largest absolute Gasteiger partial charge is 0.463 e. The van der Waals surface area contributed by atoms with Crippen LogP contribution in [-0.4, -0.2) is 30.7 Å². The van der Waals surface area contributed by atoms with Crippen LogP contribution in [0.25, 0.3) is 11.5 Å². The number of carbonyl (C=O) groups is 1. The van der Waals surface area contributed by atoms with Crippen LogP contribution in [0.2, 0.25) is 0 Å². The van der Waals surface area contributed by atoms with E-state index in [4.69, 9.17) is 9.56 Å². The third-order valence-corrected chi connectivity index (χ3v) is 5.43. The fraction of sp³-hybridized carbons (Fsp3) is 0.250. The molecule has 0 aliphatic carbocycles. The molecule has 0 saturated heterocycles. The highest BCUT2D eigenvalue weighted by molar-refractivity contribution is 7.89. The molecule has 0 fully saturated rings. The van der Waals surface area contributed by atoms with E-state index in [0.717, 1.165) is 5.56 Å². The minimum absolute atomic E-state index is 0.0404. The maximum Gasteiger partial charge on any atom is 0.266 e. The van der Waals surface area contributed by atoms with Gasteiger partial charge in [0.1, 0.15) is 5.69 Å². The first-order valence-electron chi connectivity index (χ1n) is 9.25. The van der Waals surface area contributed by atoms with E-state index in [1.807, 2.05) is 0 Å². The highest BCUT2D eigenvalue weighted by Gasteiger charge is 2.15. The molecule has 0 aliphatic heterocycles. The van der Waals surface area contributed by atoms with Gasteiger partial charge in [0.15, 0.2) is 5.76 Å². The molecule has 2 heterocycles. The van der Waals surface area contributed by atoms with Crippen molar-refractivity contribution >= 4 is 15.9 Å². The third-order valence-electron chi connectivity index (χ3n) is 4.50. The molecule has 9 nitrogen and oxygen atoms in total. The number of furan rings is 1. The summed E-state index contributed by atoms with van der Waals surface area (Å²) in [6, 6.07) is 12.6. The van der Waals surface area contributed by atoms with E-state index in [0.29, 0.717) is 24.4 Å². The summed E-state index contributed by atoms with van der Waals surface area (Å²) in [6.45, 7) is 2.21. The summed E-state index contributed by atoms with van der Waals surface area (Å²) in [5.74, 6) is -0.158. The number of benzene rings is 1. The van der Waals surface area contributed by atoms with Gasteiger partial charge < -0.3 is 9.73 Å². The van der Waals surface area contributed by atoms with Crippen LogP contribution in [0.5, 0.6) is 0 Å². The van der Waals surface area contributed by atoms with Gasteiger partial charge in [0, 0.05) is 12.6 Å². The quantitative estimate of drug-likeness (QED) is 0.550. The van der Waals surface area contributed by atoms with E-state index in [1.165, 1.54) is 29.1 Å². The number of hydrogen-bond acceptors (Lipinski definition) is 6. The molecule has 0 unspecified atom stereocenters. The van der Waals surface area contributed by atoms with Gasteiger partial charge in [0.2, 0.25) is 15.9 Å². The van der Waals surface area contributed by atoms with Crippen LogP contribution in [0.4, 0.5) is 0 Å². The third kappa shape index (κ3) is 5.43. The van der Waals surface area contributed by atoms with Crippen LogP contribution < -0.4 is 16.0 Å². The van der Waals surface area contributed by atoms with Crippen LogP contribution in [0.15, 0.2) is 68.9 Å². The molecule has 0 saturated carbocycles. The summed E-state index contributed by atoms with van der Waals surface area (Å²) in [5.41, 5.74) is 1.06. The number of carbonyl (C=O) groups excluding carboxylic acids is 1. The first-order valence-corrected chi connectivity index (χ1v) is 10.8. The molecule has 158 valence electrons. The Balaban J connectivity index is 1.55. The Morgan fingerprint density at radius 1 is 1.20 bits per heavy atom. The second kappa shape index (κ2) is 9.06. The molecule has 10 heteroatoms. The van der Waals surface area contributed by atoms with Crippen LogP contribution in [0.3, 0.4) is 0 Å². The predicted octanol–water partition coefficient (Wildman–Crippen LogP) is 1.15. The molecule has 3 N–H and O–H groups in total. The van der Waals surface area contributed by atoms with Crippen molar-refractivity contribution in [1.29, 1.82) is 0 Å². The van der Waals surface area contributed by atoms with Crippen molar-refractivity contribution < 1.29 is 17.6 Å². The second-order valence-corrected chi connectivity index (χ2v) is 8.41. The van der Waals surface area contributed by atoms with E-state index in [9.17, 15) is 18.0 Å². The lowest BCUT2D eigenvalue weighted by molar-refractivity contribution is -0.124. The second-order valence-electron chi connectivity index (χ2n) is 6.85. The van der Waals surface area contributed by atoms with Crippen LogP contribution in [0.1, 0.15) is 12.5 Å². The van der Waals surface area contributed by atoms with Crippen molar-refractivity contribution in [2.24, 2.45) is 11.1 Å². The topological polar surface area (TPSA) is 137 Å². The molecule has 0 aliphatic rings. The van der Waals surface area contributed by atoms with Crippen molar-refractivity contribution in [2.75, 3.05) is 6.54 Å². The Labute approximate surface area is 173 Å². The molecule has 0 radical (unpaired) electrons. The maximum atomic E-state index is 12.4. The van der Waals surface area contributed by atoms with E-state index in [1.54, 1.807) is 37.3 Å². The summed E-state index contributed by atoms with van der Waals surface area (Å²) in [7, 11) is -3.73. The number of sulfonamides is 1. The van der Waals surface area contributed by atoms with E-state index in [2.05, 4.69) is 10.4 Å². The summed E-state index contributed by atoms with van der Waals surface area (Å²) < 4.78 is 29.1. The Bertz CT molecular complexity index is 1170. The summed E-state index contributed by atoms with van der Waals surface area (Å²) in [6.07, 6.45) is 2.04. The van der Waals surface area contributed by atoms with Crippen molar-refractivity contribution in [1.82, 2.24) is 15.1 Å². The molecule has 0 bridgehead atoms. The van der Waals surface area contributed by atoms with Crippen molar-refractivity contribution in [2.45, 2.75) is 24.8 Å². The average molecular weight is 430 g/mol. The Kier molecular flexibility index (Phi) is 6.48. The Hall–Kier alpha value is -3.24. The SMILES string of the molecule is C[C@@H](Cn1nc(-c2ccco2)ccc1=O)C(=O)NCCc1ccc(S(N)(=O)=O)cc1. The van der Waals surface area contributed by atoms with Gasteiger partial charge in [-0.05, 0) is 42.3 Å². The van der Waals surface area contributed by atoms with E-state index in [-0.39, 0.29) is 22.9 Å². The number of nitrogens with one attached hydrogen (secondary N) is 1. The molecule has 30 heavy (non-hydrogen) atoms. The van der Waals surface area contributed by atoms with Gasteiger partial charge in [-0.3, -0.25) is 9.59 Å². The zero-order chi connectivity index (χ0) is 21.7. The minimum atomic E-state index is -3.73. The number of hydrogen-bond donors (Lipinski definition) is 2. The van der Waals surface area contributed by atoms with Gasteiger partial charge in [-0.2, -0.15) is 5.10 Å². The predicted molar refractivity (Wildman–Crippen MR) is 110 cm³/mol. The lowest BCUT2D eigenvalue weighted by atomic mass is 10.1. The lowest BCUT2D eigenvalue weighted by Crippen LogP contribution is -2.35. The highest BCUT2D eigenvalue weighted by Crippen LogP contribution is 2.15. The van der Waals surface area contributed by atoms with Gasteiger partial charge in [-0.25, -0.2) is 18.2 Å². The molecular formula is C20H22N4O5S. The van der Waals surface area contributed by atoms with E-state index >= 15 is 0 Å². The number of nitrogens with zero attached hydrogens (tertiary/aromatic N) is 2. The average Bonchev–Trinajstić information content (AvgIpc) is 3.24. The van der Waals surface area contributed by atoms with Gasteiger partial charge in [0.05, 0.1) is 23.6 Å². The normalized spacial score (nSPS) is 12.5. The molecular weight excluding hydrogens is 408 g/mol. The molecule has 1 aromatic carbocycles. The van der Waals surface area contributed by atoms with Crippen molar-refractivity contribution in [3.63, 3.8) is 0 Å². The number of aromatic nitrogens is 2. The number of primary sulfonamides is 1. The van der Waals surface area contributed by atoms with Gasteiger partial charge in [0.25, 0.3) is 5.56 Å². The summed E-state index contributed by atoms with van der Waals surface area (Å²) >= 11 is 0. The monoisotopic (exact) mass is 430 g/mol. The molecule has 3 rings (SSSR count). The van der Waals surface area contributed by atoms with Gasteiger partial charge >= 0.3 is 0 Å². The first kappa shape index (κ1) is 21.5. The Morgan fingerprint density at radius 3 is 2.57 bits per heavy atom. The van der Waals surface area contributed by atoms with Crippen molar-refractivity contribution in [3.8, 4) is 11.5 Å². The zero-order valence-electron chi connectivity index (χ0n) is 16.3. The zero-order valence-corrected chi connectivity index (χ0v) is 17.1. The number of amides is 1. The molecule has 1 atom stereocenters. The smallest absolute Gasteiger partial charge is 0.266 e. The van der Waals surface area contributed by atoms with Gasteiger partial charge in [-0.15, -0.1) is 0 Å². The molecule has 1 amide bonds. The molecule has 3 aromatic rings. The fourth-order valence-electron chi connectivity index (χ4n) is 2.83. The first-order chi connectivity index (χ1) is 14.2. The highest BCUT2D eigenvalue weighted by atomic mass is 32.2. The van der Waals surface area contributed by atoms with E-state index < -0.39 is 15.9 Å². The van der Waals surface area contributed by atoms with Crippen molar-refractivity contribution in [3.05, 3.63) is 70.7 Å². The van der Waals surface area contributed by atoms with Crippen LogP contribution in [-0.2, 0) is 27.8 Å². The van der Waals surface area contributed by atoms with Crippen LogP contribution >= 0.6 is 0 Å². The van der Waals surface area contributed by atoms with Crippen LogP contribution in [0, 0.1) is 5.92 Å². The minimum Gasteiger partial charge on any atom is -0.463 e. The van der Waals surface area contributed by atoms with Gasteiger partial charge in [-0.1, -0.05) is 19.1 Å². The Morgan fingerprint density at radius 2 is 1.93 bits per heavy atom. The molecule has 2 aromatic heterocycles. The maximum absolute atomic E-state index is 12.4. The summed E-state index contributed by atoms with van der Waals surface area (Å²) in [5, 5.41) is 12.1.